The van der Waals surface area contributed by atoms with E-state index in [2.05, 4.69) is 10.3 Å². The van der Waals surface area contributed by atoms with Crippen LogP contribution in [0.15, 0.2) is 59.6 Å². The first kappa shape index (κ1) is 18.1. The fourth-order valence-corrected chi connectivity index (χ4v) is 3.03. The molecular formula is C20H20N2O3S. The van der Waals surface area contributed by atoms with E-state index in [1.165, 1.54) is 0 Å². The van der Waals surface area contributed by atoms with Gasteiger partial charge in [0.2, 0.25) is 0 Å². The summed E-state index contributed by atoms with van der Waals surface area (Å²) in [4.78, 5) is 17.8. The van der Waals surface area contributed by atoms with Crippen LogP contribution in [0.25, 0.3) is 10.9 Å². The maximum Gasteiger partial charge on any atom is 0.255 e. The van der Waals surface area contributed by atoms with Gasteiger partial charge in [-0.1, -0.05) is 18.2 Å². The zero-order chi connectivity index (χ0) is 18.4. The summed E-state index contributed by atoms with van der Waals surface area (Å²) in [6, 6.07) is 15.2. The Labute approximate surface area is 156 Å². The van der Waals surface area contributed by atoms with Crippen LogP contribution < -0.4 is 14.8 Å². The highest BCUT2D eigenvalue weighted by atomic mass is 32.2. The van der Waals surface area contributed by atoms with Crippen molar-refractivity contribution in [1.29, 1.82) is 0 Å². The van der Waals surface area contributed by atoms with Crippen molar-refractivity contribution in [3.63, 3.8) is 0 Å². The lowest BCUT2D eigenvalue weighted by molar-refractivity contribution is 0.0944. The first-order valence-corrected chi connectivity index (χ1v) is 9.42. The van der Waals surface area contributed by atoms with Crippen molar-refractivity contribution < 1.29 is 14.3 Å². The summed E-state index contributed by atoms with van der Waals surface area (Å²) in [5, 5.41) is 3.88. The van der Waals surface area contributed by atoms with E-state index in [0.717, 1.165) is 15.8 Å². The standard InChI is InChI=1S/C20H20N2O3S/c1-24-18-13-15(26-2)8-9-16(18)20(23)22-11-12-25-17-7-3-5-14-6-4-10-21-19(14)17/h3-10,13H,11-12H2,1-2H3,(H,22,23). The molecule has 0 fully saturated rings. The molecule has 0 saturated heterocycles. The number of nitrogens with one attached hydrogen (secondary N) is 1. The van der Waals surface area contributed by atoms with Crippen molar-refractivity contribution in [3.05, 3.63) is 60.3 Å². The summed E-state index contributed by atoms with van der Waals surface area (Å²) >= 11 is 1.60. The predicted molar refractivity (Wildman–Crippen MR) is 104 cm³/mol. The lowest BCUT2D eigenvalue weighted by atomic mass is 10.2. The third kappa shape index (κ3) is 4.08. The molecule has 5 nitrogen and oxygen atoms in total. The number of thioether (sulfide) groups is 1. The molecule has 2 aromatic carbocycles. The quantitative estimate of drug-likeness (QED) is 0.508. The number of benzene rings is 2. The van der Waals surface area contributed by atoms with Crippen LogP contribution in [-0.2, 0) is 0 Å². The molecule has 0 saturated carbocycles. The van der Waals surface area contributed by atoms with Crippen LogP contribution >= 0.6 is 11.8 Å². The third-order valence-corrected chi connectivity index (χ3v) is 4.62. The SMILES string of the molecule is COc1cc(SC)ccc1C(=O)NCCOc1cccc2cccnc12. The Bertz CT molecular complexity index is 909. The Balaban J connectivity index is 1.59. The molecule has 1 amide bonds. The molecule has 0 radical (unpaired) electrons. The fraction of sp³-hybridized carbons (Fsp3) is 0.200. The number of para-hydroxylation sites is 1. The number of rotatable bonds is 7. The van der Waals surface area contributed by atoms with Gasteiger partial charge in [-0.2, -0.15) is 0 Å². The predicted octanol–water partition coefficient (Wildman–Crippen LogP) is 3.77. The van der Waals surface area contributed by atoms with E-state index < -0.39 is 0 Å². The molecule has 26 heavy (non-hydrogen) atoms. The summed E-state index contributed by atoms with van der Waals surface area (Å²) in [5.41, 5.74) is 1.33. The smallest absolute Gasteiger partial charge is 0.255 e. The summed E-state index contributed by atoms with van der Waals surface area (Å²) in [6.07, 6.45) is 3.72. The average Bonchev–Trinajstić information content (AvgIpc) is 2.70. The van der Waals surface area contributed by atoms with Gasteiger partial charge in [0.1, 0.15) is 23.6 Å². The van der Waals surface area contributed by atoms with Gasteiger partial charge in [-0.05, 0) is 36.6 Å². The number of aromatic nitrogens is 1. The second kappa shape index (κ2) is 8.58. The van der Waals surface area contributed by atoms with E-state index in [9.17, 15) is 4.79 Å². The minimum absolute atomic E-state index is 0.186. The number of methoxy groups -OCH3 is 1. The molecule has 1 heterocycles. The van der Waals surface area contributed by atoms with E-state index >= 15 is 0 Å². The Hall–Kier alpha value is -2.73. The molecule has 1 N–H and O–H groups in total. The molecule has 6 heteroatoms. The summed E-state index contributed by atoms with van der Waals surface area (Å²) < 4.78 is 11.1. The van der Waals surface area contributed by atoms with Gasteiger partial charge in [0, 0.05) is 16.5 Å². The molecule has 0 bridgehead atoms. The summed E-state index contributed by atoms with van der Waals surface area (Å²) in [7, 11) is 1.56. The molecular weight excluding hydrogens is 348 g/mol. The molecule has 3 rings (SSSR count). The first-order chi connectivity index (χ1) is 12.7. The lowest BCUT2D eigenvalue weighted by Gasteiger charge is -2.12. The normalized spacial score (nSPS) is 10.5. The highest BCUT2D eigenvalue weighted by molar-refractivity contribution is 7.98. The number of nitrogens with zero attached hydrogens (tertiary/aromatic N) is 1. The van der Waals surface area contributed by atoms with Crippen molar-refractivity contribution >= 4 is 28.6 Å². The van der Waals surface area contributed by atoms with Crippen molar-refractivity contribution in [1.82, 2.24) is 10.3 Å². The van der Waals surface area contributed by atoms with Crippen molar-refractivity contribution in [2.24, 2.45) is 0 Å². The van der Waals surface area contributed by atoms with Gasteiger partial charge in [-0.15, -0.1) is 11.8 Å². The minimum Gasteiger partial charge on any atom is -0.496 e. The third-order valence-electron chi connectivity index (χ3n) is 3.89. The zero-order valence-corrected chi connectivity index (χ0v) is 15.5. The summed E-state index contributed by atoms with van der Waals surface area (Å²) in [6.45, 7) is 0.738. The largest absolute Gasteiger partial charge is 0.496 e. The molecule has 0 unspecified atom stereocenters. The lowest BCUT2D eigenvalue weighted by Crippen LogP contribution is -2.28. The molecule has 0 aliphatic heterocycles. The van der Waals surface area contributed by atoms with E-state index in [0.29, 0.717) is 30.2 Å². The highest BCUT2D eigenvalue weighted by Gasteiger charge is 2.12. The summed E-state index contributed by atoms with van der Waals surface area (Å²) in [5.74, 6) is 1.09. The van der Waals surface area contributed by atoms with Crippen LogP contribution in [0.3, 0.4) is 0 Å². The number of hydrogen-bond donors (Lipinski definition) is 1. The van der Waals surface area contributed by atoms with Crippen molar-refractivity contribution in [3.8, 4) is 11.5 Å². The van der Waals surface area contributed by atoms with Gasteiger partial charge < -0.3 is 14.8 Å². The first-order valence-electron chi connectivity index (χ1n) is 8.19. The number of fused-ring (bicyclic) bond motifs is 1. The Morgan fingerprint density at radius 3 is 2.81 bits per heavy atom. The van der Waals surface area contributed by atoms with Gasteiger partial charge in [-0.3, -0.25) is 9.78 Å². The van der Waals surface area contributed by atoms with E-state index in [-0.39, 0.29) is 5.91 Å². The van der Waals surface area contributed by atoms with Gasteiger partial charge in [0.05, 0.1) is 19.2 Å². The van der Waals surface area contributed by atoms with Crippen LogP contribution in [0.2, 0.25) is 0 Å². The molecule has 3 aromatic rings. The Morgan fingerprint density at radius 1 is 1.15 bits per heavy atom. The maximum atomic E-state index is 12.4. The van der Waals surface area contributed by atoms with Crippen LogP contribution in [0.1, 0.15) is 10.4 Å². The second-order valence-corrected chi connectivity index (χ2v) is 6.38. The molecule has 1 aromatic heterocycles. The van der Waals surface area contributed by atoms with E-state index in [1.54, 1.807) is 31.1 Å². The Kier molecular flexibility index (Phi) is 5.96. The molecule has 0 spiro atoms. The van der Waals surface area contributed by atoms with Gasteiger partial charge in [-0.25, -0.2) is 0 Å². The van der Waals surface area contributed by atoms with Crippen LogP contribution in [0, 0.1) is 0 Å². The second-order valence-electron chi connectivity index (χ2n) is 5.50. The fourth-order valence-electron chi connectivity index (χ4n) is 2.60. The van der Waals surface area contributed by atoms with Gasteiger partial charge >= 0.3 is 0 Å². The van der Waals surface area contributed by atoms with E-state index in [4.69, 9.17) is 9.47 Å². The maximum absolute atomic E-state index is 12.4. The molecule has 134 valence electrons. The topological polar surface area (TPSA) is 60.5 Å². The number of carbonyl (C=O) groups excluding carboxylic acids is 1. The Morgan fingerprint density at radius 2 is 2.00 bits per heavy atom. The van der Waals surface area contributed by atoms with Gasteiger partial charge in [0.25, 0.3) is 5.91 Å². The average molecular weight is 368 g/mol. The van der Waals surface area contributed by atoms with Crippen LogP contribution in [0.5, 0.6) is 11.5 Å². The zero-order valence-electron chi connectivity index (χ0n) is 14.7. The van der Waals surface area contributed by atoms with E-state index in [1.807, 2.05) is 48.7 Å². The van der Waals surface area contributed by atoms with Crippen molar-refractivity contribution in [2.45, 2.75) is 4.90 Å². The van der Waals surface area contributed by atoms with Crippen LogP contribution in [-0.4, -0.2) is 37.4 Å². The van der Waals surface area contributed by atoms with Crippen LogP contribution in [0.4, 0.5) is 0 Å². The molecule has 0 aliphatic rings. The molecule has 0 aliphatic carbocycles. The minimum atomic E-state index is -0.186. The number of ether oxygens (including phenoxy) is 2. The number of amides is 1. The highest BCUT2D eigenvalue weighted by Crippen LogP contribution is 2.25. The number of pyridine rings is 1. The van der Waals surface area contributed by atoms with Gasteiger partial charge in [0.15, 0.2) is 0 Å². The monoisotopic (exact) mass is 368 g/mol. The number of carbonyl (C=O) groups is 1. The molecule has 0 atom stereocenters. The van der Waals surface area contributed by atoms with Crippen molar-refractivity contribution in [2.75, 3.05) is 26.5 Å². The number of hydrogen-bond acceptors (Lipinski definition) is 5.